The standard InChI is InChI=1S/C11H15ClN2/c1-8-9(3-2-4-13-8)7-14-11-5-10(12)6-11/h2-4,10-11,14H,5-7H2,1H3. The molecule has 0 spiro atoms. The third-order valence-electron chi connectivity index (χ3n) is 2.78. The summed E-state index contributed by atoms with van der Waals surface area (Å²) in [6.45, 7) is 2.95. The number of nitrogens with zero attached hydrogens (tertiary/aromatic N) is 1. The van der Waals surface area contributed by atoms with Gasteiger partial charge >= 0.3 is 0 Å². The monoisotopic (exact) mass is 210 g/mol. The molecule has 2 nitrogen and oxygen atoms in total. The molecule has 0 saturated heterocycles. The third kappa shape index (κ3) is 2.25. The van der Waals surface area contributed by atoms with Crippen LogP contribution in [0, 0.1) is 6.92 Å². The Labute approximate surface area is 89.7 Å². The number of hydrogen-bond donors (Lipinski definition) is 1. The maximum Gasteiger partial charge on any atom is 0.0417 e. The lowest BCUT2D eigenvalue weighted by atomic mass is 9.92. The summed E-state index contributed by atoms with van der Waals surface area (Å²) in [5.74, 6) is 0. The van der Waals surface area contributed by atoms with Gasteiger partial charge in [0.1, 0.15) is 0 Å². The highest BCUT2D eigenvalue weighted by Crippen LogP contribution is 2.25. The second-order valence-corrected chi connectivity index (χ2v) is 4.51. The van der Waals surface area contributed by atoms with E-state index < -0.39 is 0 Å². The maximum atomic E-state index is 5.90. The Balaban J connectivity index is 1.83. The molecular formula is C11H15ClN2. The molecule has 1 aromatic heterocycles. The van der Waals surface area contributed by atoms with Crippen LogP contribution in [0.15, 0.2) is 18.3 Å². The number of rotatable bonds is 3. The van der Waals surface area contributed by atoms with Crippen LogP contribution in [0.1, 0.15) is 24.1 Å². The summed E-state index contributed by atoms with van der Waals surface area (Å²) in [6, 6.07) is 4.71. The predicted molar refractivity (Wildman–Crippen MR) is 58.5 cm³/mol. The zero-order chi connectivity index (χ0) is 9.97. The fourth-order valence-corrected chi connectivity index (χ4v) is 2.10. The van der Waals surface area contributed by atoms with Crippen LogP contribution in [0.5, 0.6) is 0 Å². The van der Waals surface area contributed by atoms with Crippen molar-refractivity contribution in [1.82, 2.24) is 10.3 Å². The van der Waals surface area contributed by atoms with Crippen LogP contribution in [0.2, 0.25) is 0 Å². The molecule has 0 unspecified atom stereocenters. The Morgan fingerprint density at radius 2 is 2.36 bits per heavy atom. The first kappa shape index (κ1) is 9.94. The van der Waals surface area contributed by atoms with E-state index in [4.69, 9.17) is 11.6 Å². The number of aromatic nitrogens is 1. The summed E-state index contributed by atoms with van der Waals surface area (Å²) in [5, 5.41) is 3.87. The summed E-state index contributed by atoms with van der Waals surface area (Å²) < 4.78 is 0. The zero-order valence-electron chi connectivity index (χ0n) is 8.33. The molecule has 1 aliphatic carbocycles. The molecule has 0 bridgehead atoms. The van der Waals surface area contributed by atoms with Crippen molar-refractivity contribution in [2.75, 3.05) is 0 Å². The molecule has 1 heterocycles. The minimum Gasteiger partial charge on any atom is -0.310 e. The number of halogens is 1. The molecule has 1 aromatic rings. The van der Waals surface area contributed by atoms with Gasteiger partial charge in [-0.15, -0.1) is 11.6 Å². The molecular weight excluding hydrogens is 196 g/mol. The van der Waals surface area contributed by atoms with Crippen molar-refractivity contribution < 1.29 is 0 Å². The van der Waals surface area contributed by atoms with E-state index in [0.29, 0.717) is 11.4 Å². The summed E-state index contributed by atoms with van der Waals surface area (Å²) in [6.07, 6.45) is 4.03. The topological polar surface area (TPSA) is 24.9 Å². The Bertz CT molecular complexity index is 308. The molecule has 1 saturated carbocycles. The summed E-state index contributed by atoms with van der Waals surface area (Å²) >= 11 is 5.90. The molecule has 2 rings (SSSR count). The van der Waals surface area contributed by atoms with Crippen LogP contribution in [0.25, 0.3) is 0 Å². The normalized spacial score (nSPS) is 25.9. The van der Waals surface area contributed by atoms with Gasteiger partial charge in [0.05, 0.1) is 0 Å². The largest absolute Gasteiger partial charge is 0.310 e. The van der Waals surface area contributed by atoms with Gasteiger partial charge in [0.25, 0.3) is 0 Å². The van der Waals surface area contributed by atoms with E-state index in [1.165, 1.54) is 5.56 Å². The first-order chi connectivity index (χ1) is 6.75. The Morgan fingerprint density at radius 3 is 3.00 bits per heavy atom. The van der Waals surface area contributed by atoms with Gasteiger partial charge in [0.2, 0.25) is 0 Å². The van der Waals surface area contributed by atoms with Crippen molar-refractivity contribution in [3.63, 3.8) is 0 Å². The lowest BCUT2D eigenvalue weighted by molar-refractivity contribution is 0.345. The summed E-state index contributed by atoms with van der Waals surface area (Å²) in [7, 11) is 0. The molecule has 1 aliphatic rings. The summed E-state index contributed by atoms with van der Waals surface area (Å²) in [4.78, 5) is 4.25. The Morgan fingerprint density at radius 1 is 1.57 bits per heavy atom. The Kier molecular flexibility index (Phi) is 3.04. The van der Waals surface area contributed by atoms with Gasteiger partial charge in [-0.25, -0.2) is 0 Å². The van der Waals surface area contributed by atoms with Crippen molar-refractivity contribution in [2.45, 2.75) is 37.7 Å². The van der Waals surface area contributed by atoms with Crippen molar-refractivity contribution in [3.05, 3.63) is 29.6 Å². The fourth-order valence-electron chi connectivity index (χ4n) is 1.67. The van der Waals surface area contributed by atoms with Crippen LogP contribution in [-0.4, -0.2) is 16.4 Å². The number of pyridine rings is 1. The molecule has 1 N–H and O–H groups in total. The quantitative estimate of drug-likeness (QED) is 0.775. The smallest absolute Gasteiger partial charge is 0.0417 e. The SMILES string of the molecule is Cc1ncccc1CNC1CC(Cl)C1. The first-order valence-corrected chi connectivity index (χ1v) is 5.47. The second kappa shape index (κ2) is 4.28. The molecule has 0 radical (unpaired) electrons. The van der Waals surface area contributed by atoms with E-state index in [9.17, 15) is 0 Å². The second-order valence-electron chi connectivity index (χ2n) is 3.89. The van der Waals surface area contributed by atoms with E-state index >= 15 is 0 Å². The lowest BCUT2D eigenvalue weighted by Crippen LogP contribution is -2.41. The van der Waals surface area contributed by atoms with Crippen LogP contribution in [-0.2, 0) is 6.54 Å². The third-order valence-corrected chi connectivity index (χ3v) is 3.13. The molecule has 0 atom stereocenters. The van der Waals surface area contributed by atoms with E-state index in [-0.39, 0.29) is 0 Å². The first-order valence-electron chi connectivity index (χ1n) is 5.03. The molecule has 1 fully saturated rings. The van der Waals surface area contributed by atoms with Gasteiger partial charge in [0.15, 0.2) is 0 Å². The average Bonchev–Trinajstić information content (AvgIpc) is 2.13. The van der Waals surface area contributed by atoms with E-state index in [2.05, 4.69) is 16.4 Å². The van der Waals surface area contributed by atoms with Gasteiger partial charge in [-0.05, 0) is 31.4 Å². The van der Waals surface area contributed by atoms with Crippen LogP contribution in [0.3, 0.4) is 0 Å². The molecule has 0 amide bonds. The van der Waals surface area contributed by atoms with Gasteiger partial charge in [-0.2, -0.15) is 0 Å². The van der Waals surface area contributed by atoms with E-state index in [1.807, 2.05) is 19.2 Å². The van der Waals surface area contributed by atoms with Gasteiger partial charge in [-0.3, -0.25) is 4.98 Å². The van der Waals surface area contributed by atoms with Gasteiger partial charge in [-0.1, -0.05) is 6.07 Å². The highest BCUT2D eigenvalue weighted by Gasteiger charge is 2.26. The predicted octanol–water partition coefficient (Wildman–Crippen LogP) is 2.25. The summed E-state index contributed by atoms with van der Waals surface area (Å²) in [5.41, 5.74) is 2.40. The molecule has 3 heteroatoms. The molecule has 76 valence electrons. The number of nitrogens with one attached hydrogen (secondary N) is 1. The molecule has 0 aliphatic heterocycles. The van der Waals surface area contributed by atoms with Crippen LogP contribution in [0.4, 0.5) is 0 Å². The number of alkyl halides is 1. The van der Waals surface area contributed by atoms with Crippen LogP contribution < -0.4 is 5.32 Å². The average molecular weight is 211 g/mol. The Hall–Kier alpha value is -0.600. The molecule has 14 heavy (non-hydrogen) atoms. The number of aryl methyl sites for hydroxylation is 1. The highest BCUT2D eigenvalue weighted by atomic mass is 35.5. The van der Waals surface area contributed by atoms with Gasteiger partial charge in [0, 0.05) is 29.9 Å². The maximum absolute atomic E-state index is 5.90. The van der Waals surface area contributed by atoms with Crippen molar-refractivity contribution >= 4 is 11.6 Å². The minimum absolute atomic E-state index is 0.391. The number of hydrogen-bond acceptors (Lipinski definition) is 2. The highest BCUT2D eigenvalue weighted by molar-refractivity contribution is 6.21. The van der Waals surface area contributed by atoms with Crippen molar-refractivity contribution in [3.8, 4) is 0 Å². The van der Waals surface area contributed by atoms with Crippen LogP contribution >= 0.6 is 11.6 Å². The lowest BCUT2D eigenvalue weighted by Gasteiger charge is -2.31. The van der Waals surface area contributed by atoms with E-state index in [0.717, 1.165) is 25.1 Å². The van der Waals surface area contributed by atoms with E-state index in [1.54, 1.807) is 0 Å². The molecule has 0 aromatic carbocycles. The minimum atomic E-state index is 0.391. The van der Waals surface area contributed by atoms with Crippen molar-refractivity contribution in [1.29, 1.82) is 0 Å². The zero-order valence-corrected chi connectivity index (χ0v) is 9.09. The van der Waals surface area contributed by atoms with Gasteiger partial charge < -0.3 is 5.32 Å². The van der Waals surface area contributed by atoms with Crippen molar-refractivity contribution in [2.24, 2.45) is 0 Å². The fraction of sp³-hybridized carbons (Fsp3) is 0.545.